The number of aromatic nitrogens is 2. The number of carbonyl (C=O) groups is 1. The van der Waals surface area contributed by atoms with Crippen molar-refractivity contribution in [1.29, 1.82) is 0 Å². The van der Waals surface area contributed by atoms with E-state index in [0.717, 1.165) is 29.7 Å². The number of urea groups is 1. The third kappa shape index (κ3) is 3.44. The van der Waals surface area contributed by atoms with Gasteiger partial charge in [0.05, 0.1) is 11.9 Å². The van der Waals surface area contributed by atoms with Crippen molar-refractivity contribution in [3.05, 3.63) is 46.7 Å². The highest BCUT2D eigenvalue weighted by molar-refractivity contribution is 9.10. The van der Waals surface area contributed by atoms with Crippen LogP contribution in [-0.4, -0.2) is 33.8 Å². The summed E-state index contributed by atoms with van der Waals surface area (Å²) in [4.78, 5) is 13.9. The Morgan fingerprint density at radius 3 is 2.95 bits per heavy atom. The normalized spacial score (nSPS) is 14.9. The van der Waals surface area contributed by atoms with Gasteiger partial charge in [0.15, 0.2) is 0 Å². The van der Waals surface area contributed by atoms with Crippen LogP contribution in [0, 0.1) is 5.92 Å². The van der Waals surface area contributed by atoms with E-state index in [1.54, 1.807) is 17.1 Å². The summed E-state index contributed by atoms with van der Waals surface area (Å²) in [6.07, 6.45) is 4.45. The Bertz CT molecular complexity index is 649. The van der Waals surface area contributed by atoms with Crippen LogP contribution in [0.2, 0.25) is 0 Å². The zero-order chi connectivity index (χ0) is 14.8. The number of hydrogen-bond acceptors (Lipinski definition) is 2. The first kappa shape index (κ1) is 14.1. The van der Waals surface area contributed by atoms with E-state index >= 15 is 0 Å². The number of aryl methyl sites for hydroxylation is 1. The Balaban J connectivity index is 1.48. The van der Waals surface area contributed by atoms with Crippen LogP contribution in [0.5, 0.6) is 0 Å². The molecule has 110 valence electrons. The van der Waals surface area contributed by atoms with E-state index in [2.05, 4.69) is 38.5 Å². The van der Waals surface area contributed by atoms with Crippen LogP contribution in [0.25, 0.3) is 0 Å². The number of benzene rings is 1. The van der Waals surface area contributed by atoms with Gasteiger partial charge in [-0.25, -0.2) is 4.79 Å². The van der Waals surface area contributed by atoms with Crippen LogP contribution in [0.4, 0.5) is 10.5 Å². The first-order chi connectivity index (χ1) is 10.1. The van der Waals surface area contributed by atoms with Crippen molar-refractivity contribution in [3.63, 3.8) is 0 Å². The first-order valence-electron chi connectivity index (χ1n) is 6.89. The lowest BCUT2D eigenvalue weighted by Crippen LogP contribution is -2.52. The van der Waals surface area contributed by atoms with Gasteiger partial charge in [-0.15, -0.1) is 0 Å². The highest BCUT2D eigenvalue weighted by atomic mass is 79.9. The molecule has 1 aliphatic heterocycles. The lowest BCUT2D eigenvalue weighted by atomic mass is 9.92. The fraction of sp³-hybridized carbons (Fsp3) is 0.333. The minimum atomic E-state index is -0.0477. The van der Waals surface area contributed by atoms with Crippen molar-refractivity contribution in [2.75, 3.05) is 18.4 Å². The minimum Gasteiger partial charge on any atom is -0.324 e. The average Bonchev–Trinajstić information content (AvgIpc) is 2.78. The van der Waals surface area contributed by atoms with Gasteiger partial charge in [-0.2, -0.15) is 5.10 Å². The zero-order valence-corrected chi connectivity index (χ0v) is 13.4. The number of hydrogen-bond donors (Lipinski definition) is 1. The van der Waals surface area contributed by atoms with Crippen molar-refractivity contribution in [1.82, 2.24) is 14.7 Å². The number of likely N-dealkylation sites (tertiary alicyclic amines) is 1. The summed E-state index contributed by atoms with van der Waals surface area (Å²) in [5.41, 5.74) is 2.04. The van der Waals surface area contributed by atoms with E-state index < -0.39 is 0 Å². The monoisotopic (exact) mass is 348 g/mol. The molecular weight excluding hydrogens is 332 g/mol. The van der Waals surface area contributed by atoms with Crippen molar-refractivity contribution >= 4 is 27.6 Å². The number of rotatable bonds is 3. The van der Waals surface area contributed by atoms with E-state index in [0.29, 0.717) is 5.92 Å². The summed E-state index contributed by atoms with van der Waals surface area (Å²) >= 11 is 3.48. The fourth-order valence-electron chi connectivity index (χ4n) is 2.55. The number of nitrogens with one attached hydrogen (secondary N) is 1. The molecule has 2 heterocycles. The molecule has 1 aromatic carbocycles. The highest BCUT2D eigenvalue weighted by Crippen LogP contribution is 2.23. The molecule has 0 saturated carbocycles. The topological polar surface area (TPSA) is 50.2 Å². The van der Waals surface area contributed by atoms with Crippen molar-refractivity contribution in [3.8, 4) is 0 Å². The molecule has 5 nitrogen and oxygen atoms in total. The standard InChI is InChI=1S/C15H17BrN4O/c1-19-10-14(7-17-19)18-15(21)20-8-12(9-20)5-11-3-2-4-13(16)6-11/h2-4,6-7,10,12H,5,8-9H2,1H3,(H,18,21). The van der Waals surface area contributed by atoms with Gasteiger partial charge in [-0.1, -0.05) is 28.1 Å². The second-order valence-electron chi connectivity index (χ2n) is 5.44. The largest absolute Gasteiger partial charge is 0.324 e. The van der Waals surface area contributed by atoms with Crippen LogP contribution in [-0.2, 0) is 13.5 Å². The van der Waals surface area contributed by atoms with E-state index in [1.165, 1.54) is 5.56 Å². The molecule has 0 bridgehead atoms. The Labute approximate surface area is 132 Å². The van der Waals surface area contributed by atoms with Gasteiger partial charge >= 0.3 is 6.03 Å². The van der Waals surface area contributed by atoms with Crippen LogP contribution < -0.4 is 5.32 Å². The molecule has 0 unspecified atom stereocenters. The lowest BCUT2D eigenvalue weighted by molar-refractivity contribution is 0.131. The van der Waals surface area contributed by atoms with E-state index in [1.807, 2.05) is 24.1 Å². The molecule has 2 aromatic rings. The Hall–Kier alpha value is -1.82. The van der Waals surface area contributed by atoms with Gasteiger partial charge < -0.3 is 10.2 Å². The molecule has 1 aliphatic rings. The molecule has 1 saturated heterocycles. The summed E-state index contributed by atoms with van der Waals surface area (Å²) in [6, 6.07) is 8.29. The third-order valence-electron chi connectivity index (χ3n) is 3.61. The summed E-state index contributed by atoms with van der Waals surface area (Å²) < 4.78 is 2.77. The van der Waals surface area contributed by atoms with Gasteiger partial charge in [0.1, 0.15) is 0 Å². The second kappa shape index (κ2) is 5.89. The van der Waals surface area contributed by atoms with Gasteiger partial charge in [-0.05, 0) is 30.0 Å². The zero-order valence-electron chi connectivity index (χ0n) is 11.8. The fourth-order valence-corrected chi connectivity index (χ4v) is 3.00. The van der Waals surface area contributed by atoms with Crippen LogP contribution in [0.15, 0.2) is 41.1 Å². The Morgan fingerprint density at radius 1 is 1.48 bits per heavy atom. The quantitative estimate of drug-likeness (QED) is 0.926. The van der Waals surface area contributed by atoms with E-state index in [-0.39, 0.29) is 6.03 Å². The molecule has 0 aliphatic carbocycles. The van der Waals surface area contributed by atoms with Gasteiger partial charge in [-0.3, -0.25) is 4.68 Å². The predicted molar refractivity (Wildman–Crippen MR) is 85.1 cm³/mol. The third-order valence-corrected chi connectivity index (χ3v) is 4.11. The predicted octanol–water partition coefficient (Wildman–Crippen LogP) is 2.89. The average molecular weight is 349 g/mol. The molecule has 1 aromatic heterocycles. The second-order valence-corrected chi connectivity index (χ2v) is 6.35. The molecule has 0 atom stereocenters. The van der Waals surface area contributed by atoms with Gasteiger partial charge in [0.25, 0.3) is 0 Å². The lowest BCUT2D eigenvalue weighted by Gasteiger charge is -2.39. The molecule has 3 rings (SSSR count). The molecule has 6 heteroatoms. The number of anilines is 1. The number of halogens is 1. The Kier molecular flexibility index (Phi) is 3.96. The summed E-state index contributed by atoms with van der Waals surface area (Å²) in [5.74, 6) is 0.541. The SMILES string of the molecule is Cn1cc(NC(=O)N2CC(Cc3cccc(Br)c3)C2)cn1. The van der Waals surface area contributed by atoms with Crippen molar-refractivity contribution in [2.24, 2.45) is 13.0 Å². The molecule has 0 radical (unpaired) electrons. The van der Waals surface area contributed by atoms with Gasteiger partial charge in [0.2, 0.25) is 0 Å². The van der Waals surface area contributed by atoms with E-state index in [4.69, 9.17) is 0 Å². The summed E-state index contributed by atoms with van der Waals surface area (Å²) in [6.45, 7) is 1.61. The highest BCUT2D eigenvalue weighted by Gasteiger charge is 2.30. The van der Waals surface area contributed by atoms with Crippen molar-refractivity contribution < 1.29 is 4.79 Å². The molecular formula is C15H17BrN4O. The number of nitrogens with zero attached hydrogens (tertiary/aromatic N) is 3. The van der Waals surface area contributed by atoms with Crippen LogP contribution >= 0.6 is 15.9 Å². The molecule has 1 fully saturated rings. The Morgan fingerprint density at radius 2 is 2.29 bits per heavy atom. The van der Waals surface area contributed by atoms with Gasteiger partial charge in [0, 0.05) is 30.8 Å². The molecule has 2 amide bonds. The summed E-state index contributed by atoms with van der Waals surface area (Å²) in [7, 11) is 1.83. The molecule has 21 heavy (non-hydrogen) atoms. The smallest absolute Gasteiger partial charge is 0.321 e. The number of carbonyl (C=O) groups excluding carboxylic acids is 1. The molecule has 0 spiro atoms. The minimum absolute atomic E-state index is 0.0477. The first-order valence-corrected chi connectivity index (χ1v) is 7.68. The summed E-state index contributed by atoms with van der Waals surface area (Å²) in [5, 5.41) is 6.89. The van der Waals surface area contributed by atoms with E-state index in [9.17, 15) is 4.79 Å². The number of amides is 2. The van der Waals surface area contributed by atoms with Crippen LogP contribution in [0.1, 0.15) is 5.56 Å². The van der Waals surface area contributed by atoms with Crippen LogP contribution in [0.3, 0.4) is 0 Å². The van der Waals surface area contributed by atoms with Crippen molar-refractivity contribution in [2.45, 2.75) is 6.42 Å². The maximum Gasteiger partial charge on any atom is 0.321 e. The maximum atomic E-state index is 12.0. The maximum absolute atomic E-state index is 12.0. The molecule has 1 N–H and O–H groups in total.